The molecule has 0 aromatic heterocycles. The number of nitrogens with zero attached hydrogens (tertiary/aromatic N) is 1. The zero-order valence-electron chi connectivity index (χ0n) is 15.4. The Morgan fingerprint density at radius 1 is 1.04 bits per heavy atom. The van der Waals surface area contributed by atoms with Gasteiger partial charge in [0.2, 0.25) is 0 Å². The van der Waals surface area contributed by atoms with Crippen LogP contribution in [0.15, 0.2) is 48.6 Å². The molecular formula is C22H28ClN. The van der Waals surface area contributed by atoms with Crippen molar-refractivity contribution < 1.29 is 0 Å². The second-order valence-corrected chi connectivity index (χ2v) is 7.21. The molecule has 2 aromatic rings. The van der Waals surface area contributed by atoms with Gasteiger partial charge < -0.3 is 0 Å². The lowest BCUT2D eigenvalue weighted by molar-refractivity contribution is 0.365. The molecule has 24 heavy (non-hydrogen) atoms. The van der Waals surface area contributed by atoms with Gasteiger partial charge >= 0.3 is 0 Å². The van der Waals surface area contributed by atoms with Crippen molar-refractivity contribution in [2.75, 3.05) is 13.6 Å². The maximum atomic E-state index is 3.22. The molecule has 0 aliphatic heterocycles. The molecule has 0 spiro atoms. The molecule has 0 saturated heterocycles. The molecule has 0 fully saturated rings. The molecule has 0 amide bonds. The quantitative estimate of drug-likeness (QED) is 0.653. The van der Waals surface area contributed by atoms with E-state index in [2.05, 4.69) is 94.0 Å². The highest BCUT2D eigenvalue weighted by Gasteiger charge is 2.05. The molecule has 128 valence electrons. The largest absolute Gasteiger partial charge is 0.298 e. The number of likely N-dealkylation sites (N-methyl/N-ethyl adjacent to an activating group) is 1. The number of hydrogen-bond donors (Lipinski definition) is 0. The van der Waals surface area contributed by atoms with Gasteiger partial charge in [-0.25, -0.2) is 0 Å². The van der Waals surface area contributed by atoms with Gasteiger partial charge in [-0.05, 0) is 62.7 Å². The zero-order chi connectivity index (χ0) is 16.9. The Hall–Kier alpha value is -1.75. The van der Waals surface area contributed by atoms with Crippen LogP contribution in [-0.4, -0.2) is 18.5 Å². The summed E-state index contributed by atoms with van der Waals surface area (Å²) >= 11 is 0. The predicted molar refractivity (Wildman–Crippen MR) is 109 cm³/mol. The van der Waals surface area contributed by atoms with E-state index < -0.39 is 0 Å². The van der Waals surface area contributed by atoms with E-state index in [1.165, 1.54) is 21.9 Å². The van der Waals surface area contributed by atoms with E-state index in [0.717, 1.165) is 13.1 Å². The van der Waals surface area contributed by atoms with Gasteiger partial charge in [0.15, 0.2) is 0 Å². The van der Waals surface area contributed by atoms with E-state index in [1.54, 1.807) is 0 Å². The van der Waals surface area contributed by atoms with Crippen LogP contribution in [0.4, 0.5) is 0 Å². The van der Waals surface area contributed by atoms with Gasteiger partial charge in [0.05, 0.1) is 0 Å². The average Bonchev–Trinajstić information content (AvgIpc) is 2.49. The Morgan fingerprint density at radius 2 is 1.71 bits per heavy atom. The first-order valence-electron chi connectivity index (χ1n) is 8.20. The van der Waals surface area contributed by atoms with Crippen LogP contribution < -0.4 is 0 Å². The lowest BCUT2D eigenvalue weighted by Crippen LogP contribution is -2.17. The smallest absolute Gasteiger partial charge is 0.0240 e. The van der Waals surface area contributed by atoms with Gasteiger partial charge in [-0.1, -0.05) is 54.3 Å². The second-order valence-electron chi connectivity index (χ2n) is 7.21. The third-order valence-corrected chi connectivity index (χ3v) is 3.74. The van der Waals surface area contributed by atoms with Gasteiger partial charge in [0, 0.05) is 18.5 Å². The Kier molecular flexibility index (Phi) is 7.55. The lowest BCUT2D eigenvalue weighted by Gasteiger charge is -2.16. The molecule has 0 heterocycles. The topological polar surface area (TPSA) is 3.24 Å². The van der Waals surface area contributed by atoms with Gasteiger partial charge in [-0.2, -0.15) is 0 Å². The highest BCUT2D eigenvalue weighted by Crippen LogP contribution is 2.23. The van der Waals surface area contributed by atoms with Crippen molar-refractivity contribution in [2.24, 2.45) is 5.41 Å². The average molecular weight is 342 g/mol. The van der Waals surface area contributed by atoms with Crippen LogP contribution in [0.2, 0.25) is 0 Å². The van der Waals surface area contributed by atoms with Crippen molar-refractivity contribution in [1.82, 2.24) is 4.90 Å². The summed E-state index contributed by atoms with van der Waals surface area (Å²) in [4.78, 5) is 2.31. The molecule has 0 radical (unpaired) electrons. The van der Waals surface area contributed by atoms with Crippen molar-refractivity contribution in [3.63, 3.8) is 0 Å². The van der Waals surface area contributed by atoms with Crippen LogP contribution in [0.25, 0.3) is 10.8 Å². The first-order chi connectivity index (χ1) is 10.9. The van der Waals surface area contributed by atoms with Gasteiger partial charge in [-0.15, -0.1) is 12.4 Å². The number of allylic oxidation sites excluding steroid dienone is 1. The van der Waals surface area contributed by atoms with Crippen LogP contribution in [-0.2, 0) is 6.54 Å². The first-order valence-corrected chi connectivity index (χ1v) is 8.20. The van der Waals surface area contributed by atoms with Crippen molar-refractivity contribution in [2.45, 2.75) is 34.2 Å². The summed E-state index contributed by atoms with van der Waals surface area (Å²) in [6.45, 7) is 10.4. The predicted octanol–water partition coefficient (Wildman–Crippen LogP) is 5.61. The first kappa shape index (κ1) is 20.3. The Balaban J connectivity index is 0.00000288. The van der Waals surface area contributed by atoms with Crippen LogP contribution in [0.5, 0.6) is 0 Å². The third kappa shape index (κ3) is 6.04. The minimum Gasteiger partial charge on any atom is -0.298 e. The minimum atomic E-state index is 0. The monoisotopic (exact) mass is 341 g/mol. The summed E-state index contributed by atoms with van der Waals surface area (Å²) in [7, 11) is 2.15. The molecule has 2 rings (SSSR count). The SMILES string of the molecule is Cc1ccc(CN(C)CC=CC#CC(C)(C)C)c2ccccc12.Cl. The maximum absolute atomic E-state index is 3.22. The van der Waals surface area contributed by atoms with E-state index in [-0.39, 0.29) is 17.8 Å². The zero-order valence-corrected chi connectivity index (χ0v) is 16.2. The van der Waals surface area contributed by atoms with E-state index in [0.29, 0.717) is 0 Å². The molecule has 0 aliphatic carbocycles. The van der Waals surface area contributed by atoms with Gasteiger partial charge in [-0.3, -0.25) is 4.90 Å². The fraction of sp³-hybridized carbons (Fsp3) is 0.364. The number of hydrogen-bond acceptors (Lipinski definition) is 1. The third-order valence-electron chi connectivity index (χ3n) is 3.74. The number of halogens is 1. The number of benzene rings is 2. The van der Waals surface area contributed by atoms with E-state index in [1.807, 2.05) is 6.08 Å². The molecule has 0 unspecified atom stereocenters. The number of aryl methyl sites for hydroxylation is 1. The summed E-state index contributed by atoms with van der Waals surface area (Å²) in [6.07, 6.45) is 4.10. The van der Waals surface area contributed by atoms with Crippen molar-refractivity contribution in [3.05, 3.63) is 59.7 Å². The summed E-state index contributed by atoms with van der Waals surface area (Å²) < 4.78 is 0. The van der Waals surface area contributed by atoms with E-state index >= 15 is 0 Å². The highest BCUT2D eigenvalue weighted by atomic mass is 35.5. The van der Waals surface area contributed by atoms with Crippen molar-refractivity contribution in [1.29, 1.82) is 0 Å². The second kappa shape index (κ2) is 8.92. The Morgan fingerprint density at radius 3 is 2.38 bits per heavy atom. The Bertz CT molecular complexity index is 757. The Labute approximate surface area is 153 Å². The minimum absolute atomic E-state index is 0. The van der Waals surface area contributed by atoms with Crippen molar-refractivity contribution >= 4 is 23.2 Å². The van der Waals surface area contributed by atoms with Gasteiger partial charge in [0.1, 0.15) is 0 Å². The molecule has 2 heteroatoms. The van der Waals surface area contributed by atoms with Crippen LogP contribution in [0.3, 0.4) is 0 Å². The van der Waals surface area contributed by atoms with Crippen LogP contribution in [0.1, 0.15) is 31.9 Å². The number of rotatable bonds is 4. The lowest BCUT2D eigenvalue weighted by atomic mass is 9.98. The van der Waals surface area contributed by atoms with Crippen LogP contribution in [0, 0.1) is 24.2 Å². The molecule has 0 atom stereocenters. The standard InChI is InChI=1S/C22H27N.ClH/c1-18-13-14-19(21-12-8-7-11-20(18)21)17-23(5)16-10-6-9-15-22(2,3)4;/h6-8,10-14H,16-17H2,1-5H3;1H. The van der Waals surface area contributed by atoms with Crippen LogP contribution >= 0.6 is 12.4 Å². The fourth-order valence-electron chi connectivity index (χ4n) is 2.56. The fourth-order valence-corrected chi connectivity index (χ4v) is 2.56. The summed E-state index contributed by atoms with van der Waals surface area (Å²) in [5.41, 5.74) is 2.78. The molecule has 0 bridgehead atoms. The van der Waals surface area contributed by atoms with Crippen molar-refractivity contribution in [3.8, 4) is 11.8 Å². The van der Waals surface area contributed by atoms with E-state index in [4.69, 9.17) is 0 Å². The molecule has 0 saturated carbocycles. The number of fused-ring (bicyclic) bond motifs is 1. The summed E-state index contributed by atoms with van der Waals surface area (Å²) in [5, 5.41) is 2.71. The molecule has 0 N–H and O–H groups in total. The normalized spacial score (nSPS) is 11.4. The molecule has 2 aromatic carbocycles. The highest BCUT2D eigenvalue weighted by molar-refractivity contribution is 5.88. The molecule has 0 aliphatic rings. The summed E-state index contributed by atoms with van der Waals surface area (Å²) in [6, 6.07) is 13.1. The maximum Gasteiger partial charge on any atom is 0.0240 e. The molecular weight excluding hydrogens is 314 g/mol. The summed E-state index contributed by atoms with van der Waals surface area (Å²) in [5.74, 6) is 6.34. The van der Waals surface area contributed by atoms with Gasteiger partial charge in [0.25, 0.3) is 0 Å². The molecule has 1 nitrogen and oxygen atoms in total. The van der Waals surface area contributed by atoms with E-state index in [9.17, 15) is 0 Å².